The number of hydrogen-bond acceptors (Lipinski definition) is 3. The number of hydrogen-bond donors (Lipinski definition) is 0. The molecule has 1 aromatic rings. The highest BCUT2D eigenvalue weighted by molar-refractivity contribution is 5.83. The summed E-state index contributed by atoms with van der Waals surface area (Å²) in [7, 11) is 0. The fourth-order valence-corrected chi connectivity index (χ4v) is 3.26. The highest BCUT2D eigenvalue weighted by atomic mass is 19.1. The lowest BCUT2D eigenvalue weighted by molar-refractivity contribution is -0.134. The Morgan fingerprint density at radius 1 is 1.08 bits per heavy atom. The molecule has 1 aromatic carbocycles. The summed E-state index contributed by atoms with van der Waals surface area (Å²) in [6.07, 6.45) is 0.363. The Balaban J connectivity index is 1.52. The van der Waals surface area contributed by atoms with Gasteiger partial charge in [0, 0.05) is 32.1 Å². The van der Waals surface area contributed by atoms with E-state index >= 15 is 0 Å². The first-order valence-corrected chi connectivity index (χ1v) is 8.77. The predicted octanol–water partition coefficient (Wildman–Crippen LogP) is 3.01. The van der Waals surface area contributed by atoms with E-state index in [1.54, 1.807) is 28.0 Å². The molecule has 1 aliphatic heterocycles. The molecule has 0 radical (unpaired) electrons. The van der Waals surface area contributed by atoms with Crippen molar-refractivity contribution in [1.82, 2.24) is 9.80 Å². The van der Waals surface area contributed by atoms with Gasteiger partial charge in [0.15, 0.2) is 0 Å². The molecule has 2 aliphatic rings. The molecule has 1 saturated heterocycles. The van der Waals surface area contributed by atoms with E-state index in [0.717, 1.165) is 0 Å². The molecule has 6 heteroatoms. The van der Waals surface area contributed by atoms with E-state index in [1.807, 2.05) is 20.8 Å². The average Bonchev–Trinajstić information content (AvgIpc) is 3.33. The third-order valence-corrected chi connectivity index (χ3v) is 4.66. The Hall–Kier alpha value is -2.11. The van der Waals surface area contributed by atoms with Gasteiger partial charge in [-0.1, -0.05) is 18.2 Å². The van der Waals surface area contributed by atoms with E-state index in [9.17, 15) is 14.0 Å². The van der Waals surface area contributed by atoms with E-state index in [-0.39, 0.29) is 29.7 Å². The molecule has 1 aliphatic carbocycles. The summed E-state index contributed by atoms with van der Waals surface area (Å²) >= 11 is 0. The maximum absolute atomic E-state index is 13.9. The van der Waals surface area contributed by atoms with Crippen LogP contribution in [0, 0.1) is 11.7 Å². The molecule has 2 unspecified atom stereocenters. The van der Waals surface area contributed by atoms with E-state index in [0.29, 0.717) is 38.2 Å². The van der Waals surface area contributed by atoms with Gasteiger partial charge >= 0.3 is 6.09 Å². The number of rotatable bonds is 2. The standard InChI is InChI=1S/C19H25FN2O3/c1-19(2,3)25-18(24)22-10-8-21(9-11-22)17(23)15-12-14(15)13-6-4-5-7-16(13)20/h4-7,14-15H,8-12H2,1-3H3. The summed E-state index contributed by atoms with van der Waals surface area (Å²) in [6, 6.07) is 6.66. The van der Waals surface area contributed by atoms with Crippen LogP contribution in [0.1, 0.15) is 38.7 Å². The van der Waals surface area contributed by atoms with Crippen LogP contribution in [0.3, 0.4) is 0 Å². The first-order chi connectivity index (χ1) is 11.8. The molecule has 3 rings (SSSR count). The smallest absolute Gasteiger partial charge is 0.410 e. The largest absolute Gasteiger partial charge is 0.444 e. The molecule has 0 aromatic heterocycles. The monoisotopic (exact) mass is 348 g/mol. The molecule has 25 heavy (non-hydrogen) atoms. The second-order valence-corrected chi connectivity index (χ2v) is 7.76. The Kier molecular flexibility index (Phi) is 4.71. The van der Waals surface area contributed by atoms with Crippen molar-refractivity contribution >= 4 is 12.0 Å². The van der Waals surface area contributed by atoms with Gasteiger partial charge in [0.1, 0.15) is 11.4 Å². The minimum Gasteiger partial charge on any atom is -0.444 e. The average molecular weight is 348 g/mol. The molecular formula is C19H25FN2O3. The first-order valence-electron chi connectivity index (χ1n) is 8.77. The molecule has 2 amide bonds. The lowest BCUT2D eigenvalue weighted by Gasteiger charge is -2.35. The van der Waals surface area contributed by atoms with Crippen molar-refractivity contribution in [2.24, 2.45) is 5.92 Å². The van der Waals surface area contributed by atoms with E-state index in [4.69, 9.17) is 4.74 Å². The minimum atomic E-state index is -0.523. The molecule has 0 N–H and O–H groups in total. The number of nitrogens with zero attached hydrogens (tertiary/aromatic N) is 2. The van der Waals surface area contributed by atoms with Crippen molar-refractivity contribution in [2.75, 3.05) is 26.2 Å². The molecule has 2 atom stereocenters. The van der Waals surface area contributed by atoms with E-state index in [1.165, 1.54) is 6.07 Å². The summed E-state index contributed by atoms with van der Waals surface area (Å²) in [5.41, 5.74) is 0.110. The zero-order valence-corrected chi connectivity index (χ0v) is 15.0. The topological polar surface area (TPSA) is 49.9 Å². The second kappa shape index (κ2) is 6.65. The molecule has 5 nitrogen and oxygen atoms in total. The number of ether oxygens (including phenoxy) is 1. The van der Waals surface area contributed by atoms with Crippen LogP contribution in [0.2, 0.25) is 0 Å². The minimum absolute atomic E-state index is 0.0161. The van der Waals surface area contributed by atoms with Gasteiger partial charge in [0.05, 0.1) is 0 Å². The maximum Gasteiger partial charge on any atom is 0.410 e. The lowest BCUT2D eigenvalue weighted by atomic mass is 10.1. The molecule has 2 fully saturated rings. The van der Waals surface area contributed by atoms with Crippen LogP contribution in [-0.2, 0) is 9.53 Å². The SMILES string of the molecule is CC(C)(C)OC(=O)N1CCN(C(=O)C2CC2c2ccccc2F)CC1. The van der Waals surface area contributed by atoms with Gasteiger partial charge in [0.25, 0.3) is 0 Å². The van der Waals surface area contributed by atoms with E-state index < -0.39 is 5.60 Å². The van der Waals surface area contributed by atoms with Gasteiger partial charge in [-0.15, -0.1) is 0 Å². The maximum atomic E-state index is 13.9. The molecule has 1 heterocycles. The van der Waals surface area contributed by atoms with Gasteiger partial charge < -0.3 is 14.5 Å². The first kappa shape index (κ1) is 17.7. The Bertz CT molecular complexity index is 663. The van der Waals surface area contributed by atoms with Crippen molar-refractivity contribution in [1.29, 1.82) is 0 Å². The van der Waals surface area contributed by atoms with Crippen molar-refractivity contribution in [3.63, 3.8) is 0 Å². The summed E-state index contributed by atoms with van der Waals surface area (Å²) in [4.78, 5) is 28.1. The summed E-state index contributed by atoms with van der Waals surface area (Å²) in [6.45, 7) is 7.44. The summed E-state index contributed by atoms with van der Waals surface area (Å²) in [5.74, 6) is -0.322. The third kappa shape index (κ3) is 4.11. The number of amides is 2. The Morgan fingerprint density at radius 2 is 1.68 bits per heavy atom. The van der Waals surface area contributed by atoms with Crippen LogP contribution in [0.25, 0.3) is 0 Å². The number of carbonyl (C=O) groups excluding carboxylic acids is 2. The normalized spacial score (nSPS) is 23.4. The van der Waals surface area contributed by atoms with Crippen LogP contribution in [-0.4, -0.2) is 53.6 Å². The second-order valence-electron chi connectivity index (χ2n) is 7.76. The fraction of sp³-hybridized carbons (Fsp3) is 0.579. The lowest BCUT2D eigenvalue weighted by Crippen LogP contribution is -2.52. The van der Waals surface area contributed by atoms with Gasteiger partial charge in [-0.2, -0.15) is 0 Å². The van der Waals surface area contributed by atoms with Crippen LogP contribution >= 0.6 is 0 Å². The predicted molar refractivity (Wildman–Crippen MR) is 91.6 cm³/mol. The van der Waals surface area contributed by atoms with Crippen LogP contribution in [0.5, 0.6) is 0 Å². The summed E-state index contributed by atoms with van der Waals surface area (Å²) < 4.78 is 19.2. The summed E-state index contributed by atoms with van der Waals surface area (Å²) in [5, 5.41) is 0. The Labute approximate surface area is 147 Å². The van der Waals surface area contributed by atoms with Crippen LogP contribution in [0.15, 0.2) is 24.3 Å². The van der Waals surface area contributed by atoms with Crippen molar-refractivity contribution in [3.8, 4) is 0 Å². The quantitative estimate of drug-likeness (QED) is 0.825. The molecule has 0 spiro atoms. The zero-order chi connectivity index (χ0) is 18.2. The van der Waals surface area contributed by atoms with Gasteiger partial charge in [-0.25, -0.2) is 9.18 Å². The molecule has 1 saturated carbocycles. The van der Waals surface area contributed by atoms with Crippen molar-refractivity contribution < 1.29 is 18.7 Å². The van der Waals surface area contributed by atoms with Crippen LogP contribution in [0.4, 0.5) is 9.18 Å². The number of piperazine rings is 1. The number of benzene rings is 1. The number of carbonyl (C=O) groups is 2. The highest BCUT2D eigenvalue weighted by Crippen LogP contribution is 2.49. The number of halogens is 1. The van der Waals surface area contributed by atoms with Gasteiger partial charge in [-0.3, -0.25) is 4.79 Å². The Morgan fingerprint density at radius 3 is 2.28 bits per heavy atom. The van der Waals surface area contributed by atoms with Crippen LogP contribution < -0.4 is 0 Å². The molecule has 0 bridgehead atoms. The third-order valence-electron chi connectivity index (χ3n) is 4.66. The fourth-order valence-electron chi connectivity index (χ4n) is 3.26. The van der Waals surface area contributed by atoms with E-state index in [2.05, 4.69) is 0 Å². The van der Waals surface area contributed by atoms with Gasteiger partial charge in [-0.05, 0) is 44.7 Å². The molecule has 136 valence electrons. The molecular weight excluding hydrogens is 323 g/mol. The van der Waals surface area contributed by atoms with Gasteiger partial charge in [0.2, 0.25) is 5.91 Å². The van der Waals surface area contributed by atoms with Crippen molar-refractivity contribution in [3.05, 3.63) is 35.6 Å². The van der Waals surface area contributed by atoms with Crippen molar-refractivity contribution in [2.45, 2.75) is 38.7 Å². The highest BCUT2D eigenvalue weighted by Gasteiger charge is 2.47. The zero-order valence-electron chi connectivity index (χ0n) is 15.0.